The first kappa shape index (κ1) is 22.6. The number of ether oxygens (including phenoxy) is 1. The maximum Gasteiger partial charge on any atom is 0.416 e. The molecule has 33 heavy (non-hydrogen) atoms. The smallest absolute Gasteiger partial charge is 0.416 e. The second-order valence-electron chi connectivity index (χ2n) is 7.87. The Balaban J connectivity index is 1.46. The molecule has 0 aliphatic heterocycles. The van der Waals surface area contributed by atoms with Gasteiger partial charge in [0.05, 0.1) is 12.1 Å². The Labute approximate surface area is 187 Å². The Morgan fingerprint density at radius 3 is 2.58 bits per heavy atom. The lowest BCUT2D eigenvalue weighted by molar-refractivity contribution is -0.137. The molecular weight excluding hydrogens is 437 g/mol. The minimum atomic E-state index is -4.49. The van der Waals surface area contributed by atoms with Crippen LogP contribution < -0.4 is 15.7 Å². The number of carbonyl (C=O) groups is 1. The lowest BCUT2D eigenvalue weighted by atomic mass is 10.1. The number of nitrogens with zero attached hydrogens (tertiary/aromatic N) is 3. The second-order valence-corrected chi connectivity index (χ2v) is 7.87. The van der Waals surface area contributed by atoms with Crippen molar-refractivity contribution >= 4 is 5.91 Å². The highest BCUT2D eigenvalue weighted by molar-refractivity contribution is 5.80. The highest BCUT2D eigenvalue weighted by Gasteiger charge is 2.33. The van der Waals surface area contributed by atoms with E-state index < -0.39 is 23.5 Å². The van der Waals surface area contributed by atoms with Gasteiger partial charge in [-0.2, -0.15) is 13.2 Å². The van der Waals surface area contributed by atoms with Crippen molar-refractivity contribution in [3.8, 4) is 17.1 Å². The zero-order valence-electron chi connectivity index (χ0n) is 17.9. The van der Waals surface area contributed by atoms with Crippen LogP contribution in [0.15, 0.2) is 59.4 Å². The van der Waals surface area contributed by atoms with E-state index in [2.05, 4.69) is 10.4 Å². The van der Waals surface area contributed by atoms with Gasteiger partial charge in [-0.05, 0) is 44.0 Å². The Kier molecular flexibility index (Phi) is 6.26. The lowest BCUT2D eigenvalue weighted by Gasteiger charge is -2.14. The molecule has 1 saturated carbocycles. The third-order valence-corrected chi connectivity index (χ3v) is 5.28. The Morgan fingerprint density at radius 1 is 1.18 bits per heavy atom. The number of rotatable bonds is 8. The van der Waals surface area contributed by atoms with Crippen LogP contribution >= 0.6 is 0 Å². The van der Waals surface area contributed by atoms with Gasteiger partial charge in [0.25, 0.3) is 5.91 Å². The van der Waals surface area contributed by atoms with E-state index in [1.807, 2.05) is 6.07 Å². The van der Waals surface area contributed by atoms with Crippen molar-refractivity contribution in [2.24, 2.45) is 0 Å². The molecule has 1 heterocycles. The molecule has 1 aromatic heterocycles. The first-order chi connectivity index (χ1) is 15.7. The largest absolute Gasteiger partial charge is 0.481 e. The summed E-state index contributed by atoms with van der Waals surface area (Å²) in [5.41, 5.74) is -0.988. The Hall–Kier alpha value is -3.56. The van der Waals surface area contributed by atoms with E-state index in [-0.39, 0.29) is 36.4 Å². The monoisotopic (exact) mass is 460 g/mol. The maximum atomic E-state index is 13.1. The summed E-state index contributed by atoms with van der Waals surface area (Å²) >= 11 is 0. The summed E-state index contributed by atoms with van der Waals surface area (Å²) in [7, 11) is 0. The Morgan fingerprint density at radius 2 is 1.91 bits per heavy atom. The summed E-state index contributed by atoms with van der Waals surface area (Å²) in [4.78, 5) is 25.2. The number of alkyl halides is 3. The number of hydrogen-bond acceptors (Lipinski definition) is 4. The van der Waals surface area contributed by atoms with Gasteiger partial charge < -0.3 is 10.1 Å². The Bertz CT molecular complexity index is 1180. The van der Waals surface area contributed by atoms with Gasteiger partial charge in [0.15, 0.2) is 11.9 Å². The van der Waals surface area contributed by atoms with E-state index in [1.54, 1.807) is 31.2 Å². The molecule has 2 aromatic carbocycles. The third kappa shape index (κ3) is 5.27. The summed E-state index contributed by atoms with van der Waals surface area (Å²) in [6.07, 6.45) is -3.70. The second kappa shape index (κ2) is 9.13. The highest BCUT2D eigenvalue weighted by atomic mass is 19.4. The van der Waals surface area contributed by atoms with Gasteiger partial charge in [-0.15, -0.1) is 5.10 Å². The van der Waals surface area contributed by atoms with Gasteiger partial charge in [-0.25, -0.2) is 9.48 Å². The fourth-order valence-corrected chi connectivity index (χ4v) is 3.44. The summed E-state index contributed by atoms with van der Waals surface area (Å²) in [6.45, 7) is 1.81. The number of carbonyl (C=O) groups excluding carboxylic acids is 1. The van der Waals surface area contributed by atoms with Crippen molar-refractivity contribution in [1.29, 1.82) is 0 Å². The van der Waals surface area contributed by atoms with Crippen LogP contribution in [0.25, 0.3) is 11.4 Å². The van der Waals surface area contributed by atoms with E-state index >= 15 is 0 Å². The highest BCUT2D eigenvalue weighted by Crippen LogP contribution is 2.37. The predicted octanol–water partition coefficient (Wildman–Crippen LogP) is 3.65. The average Bonchev–Trinajstić information content (AvgIpc) is 3.57. The van der Waals surface area contributed by atoms with Crippen LogP contribution in [0.5, 0.6) is 5.75 Å². The van der Waals surface area contributed by atoms with Gasteiger partial charge in [0, 0.05) is 18.2 Å². The summed E-state index contributed by atoms with van der Waals surface area (Å²) in [6, 6.07) is 13.6. The molecule has 10 heteroatoms. The van der Waals surface area contributed by atoms with E-state index in [0.717, 1.165) is 25.0 Å². The molecular formula is C23H23F3N4O3. The fraction of sp³-hybridized carbons (Fsp3) is 0.348. The van der Waals surface area contributed by atoms with Gasteiger partial charge in [-0.1, -0.05) is 30.3 Å². The van der Waals surface area contributed by atoms with Crippen LogP contribution in [-0.2, 0) is 17.5 Å². The van der Waals surface area contributed by atoms with Gasteiger partial charge in [-0.3, -0.25) is 9.36 Å². The zero-order valence-corrected chi connectivity index (χ0v) is 17.9. The van der Waals surface area contributed by atoms with Gasteiger partial charge in [0.1, 0.15) is 5.75 Å². The maximum absolute atomic E-state index is 13.1. The molecule has 1 aliphatic rings. The van der Waals surface area contributed by atoms with Crippen molar-refractivity contribution in [3.63, 3.8) is 0 Å². The number of para-hydroxylation sites is 1. The van der Waals surface area contributed by atoms with Crippen LogP contribution in [0.2, 0.25) is 0 Å². The molecule has 1 atom stereocenters. The van der Waals surface area contributed by atoms with E-state index in [4.69, 9.17) is 4.74 Å². The average molecular weight is 460 g/mol. The molecule has 0 saturated heterocycles. The number of nitrogens with one attached hydrogen (secondary N) is 1. The van der Waals surface area contributed by atoms with Crippen LogP contribution in [0.1, 0.15) is 31.4 Å². The number of benzene rings is 2. The normalized spacial score (nSPS) is 14.7. The molecule has 0 radical (unpaired) electrons. The predicted molar refractivity (Wildman–Crippen MR) is 115 cm³/mol. The number of hydrogen-bond donors (Lipinski definition) is 1. The van der Waals surface area contributed by atoms with Crippen molar-refractivity contribution in [1.82, 2.24) is 19.7 Å². The molecule has 1 fully saturated rings. The number of amides is 1. The topological polar surface area (TPSA) is 78.2 Å². The first-order valence-electron chi connectivity index (χ1n) is 10.6. The van der Waals surface area contributed by atoms with Crippen molar-refractivity contribution in [3.05, 3.63) is 70.6 Å². The summed E-state index contributed by atoms with van der Waals surface area (Å²) in [5, 5.41) is 6.99. The van der Waals surface area contributed by atoms with E-state index in [1.165, 1.54) is 21.4 Å². The molecule has 1 N–H and O–H groups in total. The fourth-order valence-electron chi connectivity index (χ4n) is 3.44. The molecule has 1 amide bonds. The van der Waals surface area contributed by atoms with Gasteiger partial charge in [0.2, 0.25) is 0 Å². The van der Waals surface area contributed by atoms with Crippen LogP contribution in [0.4, 0.5) is 13.2 Å². The van der Waals surface area contributed by atoms with E-state index in [9.17, 15) is 22.8 Å². The molecule has 174 valence electrons. The molecule has 4 rings (SSSR count). The van der Waals surface area contributed by atoms with Crippen LogP contribution in [-0.4, -0.2) is 32.9 Å². The zero-order chi connectivity index (χ0) is 23.6. The quantitative estimate of drug-likeness (QED) is 0.557. The lowest BCUT2D eigenvalue weighted by Crippen LogP contribution is -2.39. The number of halogens is 3. The molecule has 0 bridgehead atoms. The summed E-state index contributed by atoms with van der Waals surface area (Å²) < 4.78 is 47.6. The van der Waals surface area contributed by atoms with Crippen LogP contribution in [0.3, 0.4) is 0 Å². The molecule has 1 unspecified atom stereocenters. The standard InChI is InChI=1S/C23H23F3N4O3/c1-15(33-19-8-3-2-4-9-19)21(31)27-12-13-29-22(32)30(18-10-11-18)20(28-29)16-6-5-7-17(14-16)23(24,25)26/h2-9,14-15,18H,10-13H2,1H3,(H,27,31). The van der Waals surface area contributed by atoms with Gasteiger partial charge >= 0.3 is 11.9 Å². The minimum Gasteiger partial charge on any atom is -0.481 e. The third-order valence-electron chi connectivity index (χ3n) is 5.28. The van der Waals surface area contributed by atoms with Crippen molar-refractivity contribution in [2.45, 2.75) is 44.6 Å². The van der Waals surface area contributed by atoms with Crippen molar-refractivity contribution in [2.75, 3.05) is 6.54 Å². The summed E-state index contributed by atoms with van der Waals surface area (Å²) in [5.74, 6) is 0.401. The SMILES string of the molecule is CC(Oc1ccccc1)C(=O)NCCn1nc(-c2cccc(C(F)(F)F)c2)n(C2CC2)c1=O. The molecule has 1 aliphatic carbocycles. The molecule has 0 spiro atoms. The first-order valence-corrected chi connectivity index (χ1v) is 10.6. The number of aromatic nitrogens is 3. The molecule has 7 nitrogen and oxygen atoms in total. The minimum absolute atomic E-state index is 0.0777. The van der Waals surface area contributed by atoms with E-state index in [0.29, 0.717) is 5.75 Å². The van der Waals surface area contributed by atoms with Crippen molar-refractivity contribution < 1.29 is 22.7 Å². The van der Waals surface area contributed by atoms with Crippen LogP contribution in [0, 0.1) is 0 Å². The molecule has 3 aromatic rings.